The van der Waals surface area contributed by atoms with E-state index in [1.807, 2.05) is 13.8 Å². The highest BCUT2D eigenvalue weighted by atomic mass is 16.5. The zero-order valence-electron chi connectivity index (χ0n) is 13.8. The van der Waals surface area contributed by atoms with Crippen molar-refractivity contribution in [3.05, 3.63) is 0 Å². The topological polar surface area (TPSA) is 44.8 Å². The fraction of sp³-hybridized carbons (Fsp3) is 0.938. The first-order chi connectivity index (χ1) is 10.2. The normalized spacial score (nSPS) is 28.9. The van der Waals surface area contributed by atoms with Crippen LogP contribution in [0.1, 0.15) is 33.1 Å². The molecule has 0 aliphatic carbocycles. The van der Waals surface area contributed by atoms with E-state index in [4.69, 9.17) is 4.74 Å². The Kier molecular flexibility index (Phi) is 6.45. The van der Waals surface area contributed by atoms with Gasteiger partial charge in [0, 0.05) is 19.1 Å². The Balaban J connectivity index is 1.88. The molecule has 0 radical (unpaired) electrons. The molecule has 2 heterocycles. The monoisotopic (exact) mass is 297 g/mol. The number of piperidine rings is 2. The molecule has 2 aliphatic rings. The lowest BCUT2D eigenvalue weighted by molar-refractivity contribution is -0.146. The van der Waals surface area contributed by atoms with Crippen molar-refractivity contribution in [2.45, 2.75) is 45.2 Å². The Bertz CT molecular complexity index is 337. The number of hydrogen-bond acceptors (Lipinski definition) is 5. The number of ether oxygens (including phenoxy) is 1. The van der Waals surface area contributed by atoms with E-state index >= 15 is 0 Å². The van der Waals surface area contributed by atoms with Gasteiger partial charge in [-0.1, -0.05) is 6.92 Å². The van der Waals surface area contributed by atoms with Gasteiger partial charge in [0.05, 0.1) is 6.61 Å². The molecule has 0 bridgehead atoms. The largest absolute Gasteiger partial charge is 0.465 e. The van der Waals surface area contributed by atoms with Gasteiger partial charge in [-0.3, -0.25) is 4.79 Å². The lowest BCUT2D eigenvalue weighted by Crippen LogP contribution is -2.56. The van der Waals surface area contributed by atoms with Crippen molar-refractivity contribution < 1.29 is 9.53 Å². The van der Waals surface area contributed by atoms with Gasteiger partial charge in [0.1, 0.15) is 6.04 Å². The summed E-state index contributed by atoms with van der Waals surface area (Å²) in [6.07, 6.45) is 3.86. The zero-order chi connectivity index (χ0) is 15.2. The highest BCUT2D eigenvalue weighted by Gasteiger charge is 2.35. The van der Waals surface area contributed by atoms with E-state index in [1.54, 1.807) is 0 Å². The predicted octanol–water partition coefficient (Wildman–Crippen LogP) is 0.944. The van der Waals surface area contributed by atoms with Gasteiger partial charge in [-0.25, -0.2) is 0 Å². The first-order valence-electron chi connectivity index (χ1n) is 8.48. The second kappa shape index (κ2) is 8.11. The van der Waals surface area contributed by atoms with Crippen LogP contribution in [-0.4, -0.2) is 74.2 Å². The lowest BCUT2D eigenvalue weighted by atomic mass is 9.84. The molecule has 122 valence electrons. The van der Waals surface area contributed by atoms with Crippen LogP contribution in [0.5, 0.6) is 0 Å². The number of esters is 1. The number of hydrogen-bond donors (Lipinski definition) is 1. The van der Waals surface area contributed by atoms with Gasteiger partial charge in [-0.2, -0.15) is 0 Å². The van der Waals surface area contributed by atoms with Gasteiger partial charge in [0.2, 0.25) is 0 Å². The molecular weight excluding hydrogens is 266 g/mol. The summed E-state index contributed by atoms with van der Waals surface area (Å²) >= 11 is 0. The van der Waals surface area contributed by atoms with Crippen LogP contribution >= 0.6 is 0 Å². The molecule has 2 aliphatic heterocycles. The molecule has 5 nitrogen and oxygen atoms in total. The van der Waals surface area contributed by atoms with Crippen LogP contribution in [0.15, 0.2) is 0 Å². The quantitative estimate of drug-likeness (QED) is 0.739. The minimum Gasteiger partial charge on any atom is -0.465 e. The summed E-state index contributed by atoms with van der Waals surface area (Å²) in [4.78, 5) is 17.0. The minimum absolute atomic E-state index is 0.109. The first kappa shape index (κ1) is 16.7. The van der Waals surface area contributed by atoms with E-state index in [0.29, 0.717) is 6.61 Å². The number of carbonyl (C=O) groups excluding carboxylic acids is 1. The summed E-state index contributed by atoms with van der Waals surface area (Å²) in [7, 11) is 2.26. The van der Waals surface area contributed by atoms with Crippen molar-refractivity contribution in [2.24, 2.45) is 5.92 Å². The molecule has 2 fully saturated rings. The maximum Gasteiger partial charge on any atom is 0.324 e. The van der Waals surface area contributed by atoms with Crippen LogP contribution in [0.3, 0.4) is 0 Å². The lowest BCUT2D eigenvalue weighted by Gasteiger charge is -2.46. The molecule has 5 heteroatoms. The third-order valence-corrected chi connectivity index (χ3v) is 4.89. The predicted molar refractivity (Wildman–Crippen MR) is 84.3 cm³/mol. The number of nitrogens with one attached hydrogen (secondary N) is 1. The summed E-state index contributed by atoms with van der Waals surface area (Å²) < 4.78 is 5.19. The summed E-state index contributed by atoms with van der Waals surface area (Å²) in [5.74, 6) is 0.657. The number of likely N-dealkylation sites (N-methyl/N-ethyl adjacent to an activating group) is 1. The molecule has 0 amide bonds. The average molecular weight is 297 g/mol. The van der Waals surface area contributed by atoms with Gasteiger partial charge in [0.25, 0.3) is 0 Å². The Morgan fingerprint density at radius 1 is 1.33 bits per heavy atom. The van der Waals surface area contributed by atoms with Crippen molar-refractivity contribution in [2.75, 3.05) is 46.4 Å². The van der Waals surface area contributed by atoms with Crippen molar-refractivity contribution in [1.82, 2.24) is 15.1 Å². The zero-order valence-corrected chi connectivity index (χ0v) is 13.8. The minimum atomic E-state index is -0.187. The summed E-state index contributed by atoms with van der Waals surface area (Å²) in [5.41, 5.74) is 0. The second-order valence-corrected chi connectivity index (χ2v) is 6.36. The Morgan fingerprint density at radius 2 is 2.14 bits per heavy atom. The Labute approximate surface area is 129 Å². The Morgan fingerprint density at radius 3 is 2.86 bits per heavy atom. The Hall–Kier alpha value is -0.650. The third kappa shape index (κ3) is 4.41. The number of carbonyl (C=O) groups is 1. The number of likely N-dealkylation sites (tertiary alicyclic amines) is 2. The molecule has 0 spiro atoms. The van der Waals surface area contributed by atoms with Gasteiger partial charge in [-0.05, 0) is 58.8 Å². The number of rotatable bonds is 6. The summed E-state index contributed by atoms with van der Waals surface area (Å²) in [6.45, 7) is 9.38. The van der Waals surface area contributed by atoms with Crippen LogP contribution in [0.25, 0.3) is 0 Å². The van der Waals surface area contributed by atoms with E-state index in [0.717, 1.165) is 38.1 Å². The maximum absolute atomic E-state index is 12.0. The standard InChI is InChI=1S/C16H31N3O2/c1-4-17-14(16(20)21-5-2)12-19-10-8-15-13(11-19)7-6-9-18(15)3/h13-15,17H,4-12H2,1-3H3. The fourth-order valence-electron chi connectivity index (χ4n) is 3.86. The first-order valence-corrected chi connectivity index (χ1v) is 8.48. The fourth-order valence-corrected chi connectivity index (χ4v) is 3.86. The van der Waals surface area contributed by atoms with Gasteiger partial charge >= 0.3 is 5.97 Å². The third-order valence-electron chi connectivity index (χ3n) is 4.89. The van der Waals surface area contributed by atoms with Gasteiger partial charge in [-0.15, -0.1) is 0 Å². The van der Waals surface area contributed by atoms with Crippen molar-refractivity contribution in [3.63, 3.8) is 0 Å². The van der Waals surface area contributed by atoms with Crippen LogP contribution in [-0.2, 0) is 9.53 Å². The molecule has 2 rings (SSSR count). The van der Waals surface area contributed by atoms with Crippen LogP contribution in [0.2, 0.25) is 0 Å². The molecular formula is C16H31N3O2. The van der Waals surface area contributed by atoms with Crippen LogP contribution in [0.4, 0.5) is 0 Å². The molecule has 3 atom stereocenters. The average Bonchev–Trinajstić information content (AvgIpc) is 2.47. The van der Waals surface area contributed by atoms with E-state index < -0.39 is 0 Å². The maximum atomic E-state index is 12.0. The number of nitrogens with zero attached hydrogens (tertiary/aromatic N) is 2. The van der Waals surface area contributed by atoms with E-state index in [-0.39, 0.29) is 12.0 Å². The molecule has 2 saturated heterocycles. The van der Waals surface area contributed by atoms with E-state index in [2.05, 4.69) is 22.2 Å². The smallest absolute Gasteiger partial charge is 0.324 e. The molecule has 3 unspecified atom stereocenters. The SMILES string of the molecule is CCNC(CN1CCC2C(CCCN2C)C1)C(=O)OCC. The molecule has 0 aromatic carbocycles. The van der Waals surface area contributed by atoms with E-state index in [1.165, 1.54) is 25.8 Å². The summed E-state index contributed by atoms with van der Waals surface area (Å²) in [5, 5.41) is 3.27. The molecule has 1 N–H and O–H groups in total. The van der Waals surface area contributed by atoms with Gasteiger partial charge in [0.15, 0.2) is 0 Å². The molecule has 0 saturated carbocycles. The van der Waals surface area contributed by atoms with Crippen LogP contribution < -0.4 is 5.32 Å². The molecule has 0 aromatic heterocycles. The number of fused-ring (bicyclic) bond motifs is 1. The summed E-state index contributed by atoms with van der Waals surface area (Å²) in [6, 6.07) is 0.558. The highest BCUT2D eigenvalue weighted by Crippen LogP contribution is 2.29. The second-order valence-electron chi connectivity index (χ2n) is 6.36. The van der Waals surface area contributed by atoms with E-state index in [9.17, 15) is 4.79 Å². The molecule has 21 heavy (non-hydrogen) atoms. The molecule has 0 aromatic rings. The van der Waals surface area contributed by atoms with Crippen molar-refractivity contribution in [3.8, 4) is 0 Å². The van der Waals surface area contributed by atoms with Crippen LogP contribution in [0, 0.1) is 5.92 Å². The van der Waals surface area contributed by atoms with Crippen molar-refractivity contribution in [1.29, 1.82) is 0 Å². The highest BCUT2D eigenvalue weighted by molar-refractivity contribution is 5.76. The van der Waals surface area contributed by atoms with Crippen molar-refractivity contribution >= 4 is 5.97 Å². The van der Waals surface area contributed by atoms with Gasteiger partial charge < -0.3 is 19.9 Å².